The molecule has 0 aromatic carbocycles. The van der Waals surface area contributed by atoms with Crippen LogP contribution in [-0.2, 0) is 0 Å². The summed E-state index contributed by atoms with van der Waals surface area (Å²) in [6.07, 6.45) is 3.40. The van der Waals surface area contributed by atoms with Gasteiger partial charge in [-0.2, -0.15) is 4.98 Å². The standard InChI is InChI=1S/C12H23N5/c1-3-9(2)11-14-12(16-15-11)17-6-4-10(8-13)5-7-17/h9-10H,3-8,13H2,1-2H3,(H,14,15,16). The SMILES string of the molecule is CCC(C)c1nc(N2CCC(CN)CC2)n[nH]1. The first-order chi connectivity index (χ1) is 8.24. The van der Waals surface area contributed by atoms with Crippen LogP contribution in [0.3, 0.4) is 0 Å². The van der Waals surface area contributed by atoms with Gasteiger partial charge in [0.05, 0.1) is 0 Å². The molecule has 1 atom stereocenters. The molecule has 1 aliphatic heterocycles. The highest BCUT2D eigenvalue weighted by Gasteiger charge is 2.21. The number of aromatic amines is 1. The third-order valence-electron chi connectivity index (χ3n) is 3.80. The van der Waals surface area contributed by atoms with E-state index in [9.17, 15) is 0 Å². The number of hydrogen-bond donors (Lipinski definition) is 2. The van der Waals surface area contributed by atoms with Crippen molar-refractivity contribution in [2.24, 2.45) is 11.7 Å². The number of anilines is 1. The minimum atomic E-state index is 0.456. The molecule has 1 unspecified atom stereocenters. The van der Waals surface area contributed by atoms with E-state index in [1.165, 1.54) is 0 Å². The predicted molar refractivity (Wildman–Crippen MR) is 69.1 cm³/mol. The lowest BCUT2D eigenvalue weighted by Gasteiger charge is -2.30. The summed E-state index contributed by atoms with van der Waals surface area (Å²) in [5.74, 6) is 3.00. The van der Waals surface area contributed by atoms with E-state index in [0.717, 1.165) is 50.7 Å². The average molecular weight is 237 g/mol. The number of aromatic nitrogens is 3. The van der Waals surface area contributed by atoms with Crippen LogP contribution >= 0.6 is 0 Å². The molecule has 0 aliphatic carbocycles. The molecule has 0 amide bonds. The number of piperidine rings is 1. The fourth-order valence-electron chi connectivity index (χ4n) is 2.19. The Morgan fingerprint density at radius 2 is 2.18 bits per heavy atom. The molecule has 0 spiro atoms. The molecule has 2 heterocycles. The molecule has 1 saturated heterocycles. The van der Waals surface area contributed by atoms with Crippen molar-refractivity contribution in [2.45, 2.75) is 39.0 Å². The van der Waals surface area contributed by atoms with Crippen molar-refractivity contribution in [3.05, 3.63) is 5.82 Å². The topological polar surface area (TPSA) is 70.8 Å². The molecule has 17 heavy (non-hydrogen) atoms. The van der Waals surface area contributed by atoms with Gasteiger partial charge < -0.3 is 10.6 Å². The molecule has 1 aliphatic rings. The van der Waals surface area contributed by atoms with Gasteiger partial charge >= 0.3 is 0 Å². The quantitative estimate of drug-likeness (QED) is 0.832. The summed E-state index contributed by atoms with van der Waals surface area (Å²) in [6.45, 7) is 7.20. The highest BCUT2D eigenvalue weighted by atomic mass is 15.4. The Balaban J connectivity index is 1.97. The number of rotatable bonds is 4. The van der Waals surface area contributed by atoms with E-state index in [1.807, 2.05) is 0 Å². The van der Waals surface area contributed by atoms with E-state index in [1.54, 1.807) is 0 Å². The zero-order valence-electron chi connectivity index (χ0n) is 10.8. The normalized spacial score (nSPS) is 19.6. The molecule has 3 N–H and O–H groups in total. The fourth-order valence-corrected chi connectivity index (χ4v) is 2.19. The molecule has 5 heteroatoms. The highest BCUT2D eigenvalue weighted by molar-refractivity contribution is 5.29. The Hall–Kier alpha value is -1.10. The van der Waals surface area contributed by atoms with Crippen LogP contribution in [0.2, 0.25) is 0 Å². The molecule has 2 rings (SSSR count). The van der Waals surface area contributed by atoms with Crippen LogP contribution in [-0.4, -0.2) is 34.8 Å². The van der Waals surface area contributed by atoms with E-state index >= 15 is 0 Å². The molecule has 5 nitrogen and oxygen atoms in total. The Morgan fingerprint density at radius 1 is 1.47 bits per heavy atom. The molecule has 0 bridgehead atoms. The fraction of sp³-hybridized carbons (Fsp3) is 0.833. The first-order valence-corrected chi connectivity index (χ1v) is 6.61. The molecule has 96 valence electrons. The number of H-pyrrole nitrogens is 1. The molecular formula is C12H23N5. The second-order valence-corrected chi connectivity index (χ2v) is 5.00. The van der Waals surface area contributed by atoms with Crippen LogP contribution in [0.1, 0.15) is 44.9 Å². The van der Waals surface area contributed by atoms with Crippen molar-refractivity contribution in [2.75, 3.05) is 24.5 Å². The van der Waals surface area contributed by atoms with Crippen molar-refractivity contribution in [1.82, 2.24) is 15.2 Å². The zero-order chi connectivity index (χ0) is 12.3. The Bertz CT molecular complexity index is 340. The van der Waals surface area contributed by atoms with E-state index in [2.05, 4.69) is 33.9 Å². The number of nitrogens with one attached hydrogen (secondary N) is 1. The maximum absolute atomic E-state index is 5.69. The first-order valence-electron chi connectivity index (χ1n) is 6.61. The maximum atomic E-state index is 5.69. The van der Waals surface area contributed by atoms with Crippen molar-refractivity contribution in [1.29, 1.82) is 0 Å². The van der Waals surface area contributed by atoms with Gasteiger partial charge in [0.2, 0.25) is 5.95 Å². The number of nitrogens with zero attached hydrogens (tertiary/aromatic N) is 3. The first kappa shape index (κ1) is 12.4. The molecule has 1 aromatic rings. The van der Waals surface area contributed by atoms with Gasteiger partial charge in [0.1, 0.15) is 5.82 Å². The van der Waals surface area contributed by atoms with Gasteiger partial charge in [-0.25, -0.2) is 0 Å². The largest absolute Gasteiger partial charge is 0.340 e. The Kier molecular flexibility index (Phi) is 3.99. The molecular weight excluding hydrogens is 214 g/mol. The van der Waals surface area contributed by atoms with Gasteiger partial charge in [0.15, 0.2) is 0 Å². The maximum Gasteiger partial charge on any atom is 0.244 e. The van der Waals surface area contributed by atoms with Gasteiger partial charge in [0.25, 0.3) is 0 Å². The number of nitrogens with two attached hydrogens (primary N) is 1. The lowest BCUT2D eigenvalue weighted by atomic mass is 9.97. The second-order valence-electron chi connectivity index (χ2n) is 5.00. The summed E-state index contributed by atoms with van der Waals surface area (Å²) in [6, 6.07) is 0. The minimum Gasteiger partial charge on any atom is -0.340 e. The van der Waals surface area contributed by atoms with Crippen LogP contribution in [0.15, 0.2) is 0 Å². The highest BCUT2D eigenvalue weighted by Crippen LogP contribution is 2.21. The third-order valence-corrected chi connectivity index (χ3v) is 3.80. The van der Waals surface area contributed by atoms with Crippen LogP contribution in [0.4, 0.5) is 5.95 Å². The minimum absolute atomic E-state index is 0.456. The summed E-state index contributed by atoms with van der Waals surface area (Å²) in [5.41, 5.74) is 5.69. The summed E-state index contributed by atoms with van der Waals surface area (Å²) in [7, 11) is 0. The molecule has 0 radical (unpaired) electrons. The summed E-state index contributed by atoms with van der Waals surface area (Å²) in [5, 5.41) is 7.37. The smallest absolute Gasteiger partial charge is 0.244 e. The lowest BCUT2D eigenvalue weighted by molar-refractivity contribution is 0.411. The van der Waals surface area contributed by atoms with E-state index in [-0.39, 0.29) is 0 Å². The van der Waals surface area contributed by atoms with Crippen LogP contribution in [0.25, 0.3) is 0 Å². The summed E-state index contributed by atoms with van der Waals surface area (Å²) >= 11 is 0. The van der Waals surface area contributed by atoms with E-state index in [4.69, 9.17) is 5.73 Å². The van der Waals surface area contributed by atoms with Crippen LogP contribution in [0.5, 0.6) is 0 Å². The van der Waals surface area contributed by atoms with E-state index < -0.39 is 0 Å². The monoisotopic (exact) mass is 237 g/mol. The molecule has 0 saturated carbocycles. The number of hydrogen-bond acceptors (Lipinski definition) is 4. The van der Waals surface area contributed by atoms with Crippen molar-refractivity contribution in [3.8, 4) is 0 Å². The van der Waals surface area contributed by atoms with Crippen molar-refractivity contribution < 1.29 is 0 Å². The van der Waals surface area contributed by atoms with Gasteiger partial charge in [-0.15, -0.1) is 5.10 Å². The van der Waals surface area contributed by atoms with E-state index in [0.29, 0.717) is 11.8 Å². The van der Waals surface area contributed by atoms with Crippen molar-refractivity contribution in [3.63, 3.8) is 0 Å². The van der Waals surface area contributed by atoms with Gasteiger partial charge in [-0.3, -0.25) is 5.10 Å². The van der Waals surface area contributed by atoms with Gasteiger partial charge in [-0.1, -0.05) is 13.8 Å². The molecule has 1 fully saturated rings. The third kappa shape index (κ3) is 2.77. The zero-order valence-corrected chi connectivity index (χ0v) is 10.8. The summed E-state index contributed by atoms with van der Waals surface area (Å²) in [4.78, 5) is 6.84. The van der Waals surface area contributed by atoms with Crippen LogP contribution in [0, 0.1) is 5.92 Å². The van der Waals surface area contributed by atoms with Crippen molar-refractivity contribution >= 4 is 5.95 Å². The second kappa shape index (κ2) is 5.49. The van der Waals surface area contributed by atoms with Gasteiger partial charge in [-0.05, 0) is 31.7 Å². The Morgan fingerprint density at radius 3 is 2.76 bits per heavy atom. The van der Waals surface area contributed by atoms with Crippen LogP contribution < -0.4 is 10.6 Å². The molecule has 1 aromatic heterocycles. The Labute approximate surface area is 103 Å². The predicted octanol–water partition coefficient (Wildman–Crippen LogP) is 1.49. The average Bonchev–Trinajstić information content (AvgIpc) is 2.87. The van der Waals surface area contributed by atoms with Gasteiger partial charge in [0, 0.05) is 19.0 Å². The lowest BCUT2D eigenvalue weighted by Crippen LogP contribution is -2.36. The summed E-state index contributed by atoms with van der Waals surface area (Å²) < 4.78 is 0.